The molecule has 4 heteroatoms. The molecule has 2 N–H and O–H groups in total. The summed E-state index contributed by atoms with van der Waals surface area (Å²) >= 11 is 0. The second-order valence-corrected chi connectivity index (χ2v) is 6.53. The molecule has 1 heterocycles. The van der Waals surface area contributed by atoms with Gasteiger partial charge in [0.1, 0.15) is 0 Å². The summed E-state index contributed by atoms with van der Waals surface area (Å²) in [4.78, 5) is 14.4. The van der Waals surface area contributed by atoms with Crippen molar-refractivity contribution in [3.05, 3.63) is 0 Å². The Morgan fingerprint density at radius 1 is 1.37 bits per heavy atom. The van der Waals surface area contributed by atoms with Crippen LogP contribution in [0.15, 0.2) is 0 Å². The van der Waals surface area contributed by atoms with E-state index >= 15 is 0 Å². The lowest BCUT2D eigenvalue weighted by molar-refractivity contribution is -0.124. The molecule has 0 aromatic rings. The molecular weight excluding hydrogens is 240 g/mol. The molecule has 1 aliphatic rings. The maximum atomic E-state index is 12.0. The minimum absolute atomic E-state index is 0.134. The molecule has 112 valence electrons. The molecule has 0 aromatic heterocycles. The van der Waals surface area contributed by atoms with Crippen LogP contribution >= 0.6 is 0 Å². The van der Waals surface area contributed by atoms with Crippen LogP contribution in [0.4, 0.5) is 0 Å². The number of nitrogens with zero attached hydrogens (tertiary/aromatic N) is 1. The quantitative estimate of drug-likeness (QED) is 0.737. The summed E-state index contributed by atoms with van der Waals surface area (Å²) in [5.41, 5.74) is 0. The van der Waals surface area contributed by atoms with E-state index < -0.39 is 0 Å². The number of carbonyl (C=O) groups excluding carboxylic acids is 1. The highest BCUT2D eigenvalue weighted by molar-refractivity contribution is 5.79. The maximum absolute atomic E-state index is 12.0. The zero-order chi connectivity index (χ0) is 14.4. The first-order valence-electron chi connectivity index (χ1n) is 7.58. The van der Waals surface area contributed by atoms with Crippen molar-refractivity contribution in [2.75, 3.05) is 26.2 Å². The van der Waals surface area contributed by atoms with Gasteiger partial charge in [-0.2, -0.15) is 0 Å². The van der Waals surface area contributed by atoms with E-state index in [4.69, 9.17) is 0 Å². The average Bonchev–Trinajstić information content (AvgIpc) is 2.76. The summed E-state index contributed by atoms with van der Waals surface area (Å²) in [5, 5.41) is 12.6. The Hall–Kier alpha value is -0.610. The molecule has 1 fully saturated rings. The van der Waals surface area contributed by atoms with Crippen molar-refractivity contribution in [1.82, 2.24) is 10.2 Å². The number of aliphatic hydroxyl groups is 1. The van der Waals surface area contributed by atoms with Crippen LogP contribution in [0.3, 0.4) is 0 Å². The van der Waals surface area contributed by atoms with Gasteiger partial charge in [-0.25, -0.2) is 0 Å². The third kappa shape index (κ3) is 5.91. The summed E-state index contributed by atoms with van der Waals surface area (Å²) in [7, 11) is 0. The predicted molar refractivity (Wildman–Crippen MR) is 77.9 cm³/mol. The third-order valence-corrected chi connectivity index (χ3v) is 3.78. The zero-order valence-electron chi connectivity index (χ0n) is 12.9. The Labute approximate surface area is 117 Å². The average molecular weight is 270 g/mol. The normalized spacial score (nSPS) is 22.2. The molecular formula is C15H30N2O2. The number of hydrogen-bond donors (Lipinski definition) is 2. The van der Waals surface area contributed by atoms with Gasteiger partial charge in [0.15, 0.2) is 0 Å². The van der Waals surface area contributed by atoms with Crippen LogP contribution in [0.25, 0.3) is 0 Å². The Morgan fingerprint density at radius 3 is 2.63 bits per heavy atom. The number of hydrogen-bond acceptors (Lipinski definition) is 3. The van der Waals surface area contributed by atoms with Crippen LogP contribution in [0.2, 0.25) is 0 Å². The van der Waals surface area contributed by atoms with Crippen LogP contribution in [-0.2, 0) is 4.79 Å². The molecule has 0 radical (unpaired) electrons. The Balaban J connectivity index is 2.20. The third-order valence-electron chi connectivity index (χ3n) is 3.78. The second kappa shape index (κ2) is 7.85. The van der Waals surface area contributed by atoms with Crippen LogP contribution < -0.4 is 5.32 Å². The first-order chi connectivity index (χ1) is 8.90. The molecule has 1 rings (SSSR count). The number of rotatable bonds is 7. The molecule has 1 saturated heterocycles. The topological polar surface area (TPSA) is 52.6 Å². The van der Waals surface area contributed by atoms with Crippen LogP contribution in [-0.4, -0.2) is 48.2 Å². The Morgan fingerprint density at radius 2 is 2.05 bits per heavy atom. The summed E-state index contributed by atoms with van der Waals surface area (Å²) in [5.74, 6) is 1.20. The van der Waals surface area contributed by atoms with Crippen molar-refractivity contribution in [2.24, 2.45) is 17.8 Å². The monoisotopic (exact) mass is 270 g/mol. The van der Waals surface area contributed by atoms with Gasteiger partial charge in [0.25, 0.3) is 0 Å². The van der Waals surface area contributed by atoms with E-state index in [0.717, 1.165) is 26.1 Å². The van der Waals surface area contributed by atoms with Gasteiger partial charge < -0.3 is 15.3 Å². The maximum Gasteiger partial charge on any atom is 0.224 e. The fourth-order valence-corrected chi connectivity index (χ4v) is 2.55. The van der Waals surface area contributed by atoms with Gasteiger partial charge in [-0.3, -0.25) is 4.79 Å². The number of amides is 1. The zero-order valence-corrected chi connectivity index (χ0v) is 12.9. The van der Waals surface area contributed by atoms with Gasteiger partial charge in [0, 0.05) is 19.6 Å². The van der Waals surface area contributed by atoms with Gasteiger partial charge in [0.2, 0.25) is 5.91 Å². The lowest BCUT2D eigenvalue weighted by Gasteiger charge is -2.18. The molecule has 4 nitrogen and oxygen atoms in total. The van der Waals surface area contributed by atoms with Crippen molar-refractivity contribution in [3.63, 3.8) is 0 Å². The van der Waals surface area contributed by atoms with E-state index in [1.807, 2.05) is 13.8 Å². The van der Waals surface area contributed by atoms with E-state index in [9.17, 15) is 9.90 Å². The highest BCUT2D eigenvalue weighted by Crippen LogP contribution is 2.17. The predicted octanol–water partition coefficient (Wildman–Crippen LogP) is 1.49. The first kappa shape index (κ1) is 16.4. The highest BCUT2D eigenvalue weighted by atomic mass is 16.3. The summed E-state index contributed by atoms with van der Waals surface area (Å²) < 4.78 is 0. The Bertz CT molecular complexity index is 279. The van der Waals surface area contributed by atoms with Crippen molar-refractivity contribution >= 4 is 5.91 Å². The molecule has 0 aromatic carbocycles. The molecule has 2 unspecified atom stereocenters. The second-order valence-electron chi connectivity index (χ2n) is 6.53. The smallest absolute Gasteiger partial charge is 0.224 e. The molecule has 19 heavy (non-hydrogen) atoms. The number of aliphatic hydroxyl groups excluding tert-OH is 1. The van der Waals surface area contributed by atoms with Crippen molar-refractivity contribution in [1.29, 1.82) is 0 Å². The lowest BCUT2D eigenvalue weighted by atomic mass is 10.0. The van der Waals surface area contributed by atoms with E-state index in [-0.39, 0.29) is 23.8 Å². The largest absolute Gasteiger partial charge is 0.393 e. The summed E-state index contributed by atoms with van der Waals surface area (Å²) in [6.45, 7) is 12.0. The van der Waals surface area contributed by atoms with Gasteiger partial charge >= 0.3 is 0 Å². The standard InChI is InChI=1S/C15H30N2O2/c1-11(2)9-17-8-6-13(10-17)15(19)16-7-5-14(18)12(3)4/h11-14,18H,5-10H2,1-4H3,(H,16,19). The fourth-order valence-electron chi connectivity index (χ4n) is 2.55. The fraction of sp³-hybridized carbons (Fsp3) is 0.933. The van der Waals surface area contributed by atoms with Crippen molar-refractivity contribution < 1.29 is 9.90 Å². The summed E-state index contributed by atoms with van der Waals surface area (Å²) in [6.07, 6.45) is 1.29. The highest BCUT2D eigenvalue weighted by Gasteiger charge is 2.28. The summed E-state index contributed by atoms with van der Waals surface area (Å²) in [6, 6.07) is 0. The van der Waals surface area contributed by atoms with E-state index in [1.165, 1.54) is 0 Å². The van der Waals surface area contributed by atoms with Gasteiger partial charge in [-0.05, 0) is 31.2 Å². The molecule has 0 spiro atoms. The first-order valence-corrected chi connectivity index (χ1v) is 7.58. The van der Waals surface area contributed by atoms with Crippen molar-refractivity contribution in [3.8, 4) is 0 Å². The number of likely N-dealkylation sites (tertiary alicyclic amines) is 1. The van der Waals surface area contributed by atoms with E-state index in [2.05, 4.69) is 24.1 Å². The molecule has 1 aliphatic heterocycles. The molecule has 1 amide bonds. The molecule has 0 saturated carbocycles. The van der Waals surface area contributed by atoms with Crippen LogP contribution in [0, 0.1) is 17.8 Å². The van der Waals surface area contributed by atoms with E-state index in [0.29, 0.717) is 18.9 Å². The van der Waals surface area contributed by atoms with Gasteiger partial charge in [-0.15, -0.1) is 0 Å². The van der Waals surface area contributed by atoms with Gasteiger partial charge in [0.05, 0.1) is 12.0 Å². The minimum Gasteiger partial charge on any atom is -0.393 e. The van der Waals surface area contributed by atoms with Crippen LogP contribution in [0.1, 0.15) is 40.5 Å². The SMILES string of the molecule is CC(C)CN1CCC(C(=O)NCCC(O)C(C)C)C1. The van der Waals surface area contributed by atoms with E-state index in [1.54, 1.807) is 0 Å². The lowest BCUT2D eigenvalue weighted by Crippen LogP contribution is -2.35. The van der Waals surface area contributed by atoms with Crippen LogP contribution in [0.5, 0.6) is 0 Å². The van der Waals surface area contributed by atoms with Crippen molar-refractivity contribution in [2.45, 2.75) is 46.6 Å². The molecule has 2 atom stereocenters. The van der Waals surface area contributed by atoms with Gasteiger partial charge in [-0.1, -0.05) is 27.7 Å². The number of carbonyl (C=O) groups is 1. The minimum atomic E-state index is -0.318. The Kier molecular flexibility index (Phi) is 6.80. The molecule has 0 aliphatic carbocycles. The number of nitrogens with one attached hydrogen (secondary N) is 1. The molecule has 0 bridgehead atoms.